The number of halogens is 3. The first kappa shape index (κ1) is 13.5. The van der Waals surface area contributed by atoms with Crippen molar-refractivity contribution in [3.63, 3.8) is 0 Å². The van der Waals surface area contributed by atoms with Crippen molar-refractivity contribution in [3.05, 3.63) is 11.1 Å². The normalized spacial score (nSPS) is 24.8. The van der Waals surface area contributed by atoms with Crippen LogP contribution in [0.15, 0.2) is 11.1 Å². The van der Waals surface area contributed by atoms with Crippen LogP contribution in [0, 0.1) is 0 Å². The van der Waals surface area contributed by atoms with Crippen LogP contribution in [-0.2, 0) is 0 Å². The topological polar surface area (TPSA) is 32.3 Å². The van der Waals surface area contributed by atoms with Crippen LogP contribution in [0.25, 0.3) is 0 Å². The van der Waals surface area contributed by atoms with E-state index in [-0.39, 0.29) is 12.5 Å². The Balaban J connectivity index is 2.77. The molecular weight excluding hydrogens is 219 g/mol. The molecule has 1 aliphatic heterocycles. The van der Waals surface area contributed by atoms with Gasteiger partial charge in [0.15, 0.2) is 6.10 Å². The molecule has 2 atom stereocenters. The minimum absolute atomic E-state index is 0.120. The molecule has 0 spiro atoms. The van der Waals surface area contributed by atoms with E-state index in [2.05, 4.69) is 5.32 Å². The van der Waals surface area contributed by atoms with Crippen LogP contribution in [0.3, 0.4) is 0 Å². The van der Waals surface area contributed by atoms with Gasteiger partial charge < -0.3 is 10.4 Å². The number of aliphatic hydroxyl groups excluding tert-OH is 1. The van der Waals surface area contributed by atoms with Gasteiger partial charge in [0.05, 0.1) is 0 Å². The molecule has 0 saturated carbocycles. The fraction of sp³-hybridized carbons (Fsp3) is 0.818. The highest BCUT2D eigenvalue weighted by atomic mass is 19.4. The number of nitrogens with one attached hydrogen (secondary N) is 1. The van der Waals surface area contributed by atoms with Crippen LogP contribution in [0.2, 0.25) is 0 Å². The Morgan fingerprint density at radius 2 is 2.12 bits per heavy atom. The molecule has 0 aromatic rings. The summed E-state index contributed by atoms with van der Waals surface area (Å²) in [6.45, 7) is 4.56. The maximum absolute atomic E-state index is 12.2. The summed E-state index contributed by atoms with van der Waals surface area (Å²) in [5.74, 6) is 0. The molecule has 16 heavy (non-hydrogen) atoms. The lowest BCUT2D eigenvalue weighted by Gasteiger charge is -2.28. The lowest BCUT2D eigenvalue weighted by Crippen LogP contribution is -2.36. The molecule has 0 bridgehead atoms. The minimum Gasteiger partial charge on any atom is -0.383 e. The molecule has 0 saturated heterocycles. The Labute approximate surface area is 93.5 Å². The fourth-order valence-corrected chi connectivity index (χ4v) is 2.17. The Bertz CT molecular complexity index is 273. The molecule has 2 N–H and O–H groups in total. The van der Waals surface area contributed by atoms with Gasteiger partial charge in [0.1, 0.15) is 0 Å². The molecule has 1 rings (SSSR count). The Hall–Kier alpha value is -0.550. The summed E-state index contributed by atoms with van der Waals surface area (Å²) in [6.07, 6.45) is -5.69. The van der Waals surface area contributed by atoms with Gasteiger partial charge in [-0.3, -0.25) is 0 Å². The summed E-state index contributed by atoms with van der Waals surface area (Å²) < 4.78 is 36.7. The molecule has 0 aliphatic carbocycles. The van der Waals surface area contributed by atoms with Crippen LogP contribution in [0.4, 0.5) is 13.2 Å². The third-order valence-electron chi connectivity index (χ3n) is 3.05. The number of alkyl halides is 3. The number of hydrogen-bond acceptors (Lipinski definition) is 2. The van der Waals surface area contributed by atoms with E-state index in [0.29, 0.717) is 13.0 Å². The van der Waals surface area contributed by atoms with Gasteiger partial charge in [0.2, 0.25) is 0 Å². The van der Waals surface area contributed by atoms with Gasteiger partial charge in [-0.25, -0.2) is 0 Å². The summed E-state index contributed by atoms with van der Waals surface area (Å²) in [7, 11) is 0. The average molecular weight is 237 g/mol. The van der Waals surface area contributed by atoms with Gasteiger partial charge >= 0.3 is 6.18 Å². The van der Waals surface area contributed by atoms with E-state index in [1.165, 1.54) is 0 Å². The van der Waals surface area contributed by atoms with E-state index in [1.54, 1.807) is 0 Å². The van der Waals surface area contributed by atoms with Gasteiger partial charge in [0, 0.05) is 12.5 Å². The first-order valence-corrected chi connectivity index (χ1v) is 5.55. The molecule has 0 aromatic heterocycles. The zero-order valence-corrected chi connectivity index (χ0v) is 9.56. The molecule has 94 valence electrons. The van der Waals surface area contributed by atoms with Gasteiger partial charge in [-0.1, -0.05) is 18.1 Å². The van der Waals surface area contributed by atoms with E-state index in [1.807, 2.05) is 13.8 Å². The van der Waals surface area contributed by atoms with Crippen molar-refractivity contribution in [2.45, 2.75) is 51.4 Å². The van der Waals surface area contributed by atoms with Crippen molar-refractivity contribution in [2.75, 3.05) is 6.54 Å². The van der Waals surface area contributed by atoms with Crippen LogP contribution >= 0.6 is 0 Å². The highest BCUT2D eigenvalue weighted by Gasteiger charge is 2.39. The molecule has 0 radical (unpaired) electrons. The maximum Gasteiger partial charge on any atom is 0.414 e. The van der Waals surface area contributed by atoms with Gasteiger partial charge in [0.25, 0.3) is 0 Å². The van der Waals surface area contributed by atoms with Gasteiger partial charge in [-0.05, 0) is 26.3 Å². The maximum atomic E-state index is 12.2. The average Bonchev–Trinajstić information content (AvgIpc) is 2.16. The first-order valence-electron chi connectivity index (χ1n) is 5.55. The highest BCUT2D eigenvalue weighted by molar-refractivity contribution is 5.23. The number of rotatable bonds is 3. The van der Waals surface area contributed by atoms with Gasteiger partial charge in [-0.2, -0.15) is 13.2 Å². The number of aliphatic hydroxyl groups is 1. The van der Waals surface area contributed by atoms with E-state index < -0.39 is 12.3 Å². The lowest BCUT2D eigenvalue weighted by molar-refractivity contribution is -0.203. The quantitative estimate of drug-likeness (QED) is 0.739. The number of hydrogen-bond donors (Lipinski definition) is 2. The summed E-state index contributed by atoms with van der Waals surface area (Å²) in [5.41, 5.74) is 1.77. The summed E-state index contributed by atoms with van der Waals surface area (Å²) in [6, 6.07) is 0.120. The molecule has 0 fully saturated rings. The van der Waals surface area contributed by atoms with Crippen molar-refractivity contribution >= 4 is 0 Å². The molecule has 0 amide bonds. The minimum atomic E-state index is -4.51. The van der Waals surface area contributed by atoms with Crippen molar-refractivity contribution in [1.29, 1.82) is 0 Å². The first-order chi connectivity index (χ1) is 7.36. The Kier molecular flexibility index (Phi) is 4.38. The molecular formula is C11H18F3NO. The summed E-state index contributed by atoms with van der Waals surface area (Å²) in [5, 5.41) is 12.3. The predicted octanol–water partition coefficient (Wildman–Crippen LogP) is 2.39. The SMILES string of the molecule is CCC1=C(CC(O)C(F)(F)F)CCNC1C. The molecule has 5 heteroatoms. The van der Waals surface area contributed by atoms with Crippen LogP contribution < -0.4 is 5.32 Å². The zero-order valence-electron chi connectivity index (χ0n) is 9.56. The Morgan fingerprint density at radius 1 is 1.50 bits per heavy atom. The Morgan fingerprint density at radius 3 is 2.62 bits per heavy atom. The van der Waals surface area contributed by atoms with Crippen molar-refractivity contribution in [1.82, 2.24) is 5.32 Å². The second-order valence-electron chi connectivity index (χ2n) is 4.17. The van der Waals surface area contributed by atoms with Crippen molar-refractivity contribution in [2.24, 2.45) is 0 Å². The van der Waals surface area contributed by atoms with E-state index in [0.717, 1.165) is 17.6 Å². The largest absolute Gasteiger partial charge is 0.414 e. The highest BCUT2D eigenvalue weighted by Crippen LogP contribution is 2.30. The second-order valence-corrected chi connectivity index (χ2v) is 4.17. The van der Waals surface area contributed by atoms with Crippen molar-refractivity contribution < 1.29 is 18.3 Å². The summed E-state index contributed by atoms with van der Waals surface area (Å²) >= 11 is 0. The third-order valence-corrected chi connectivity index (χ3v) is 3.05. The van der Waals surface area contributed by atoms with E-state index >= 15 is 0 Å². The molecule has 1 heterocycles. The monoisotopic (exact) mass is 237 g/mol. The zero-order chi connectivity index (χ0) is 12.3. The van der Waals surface area contributed by atoms with Crippen molar-refractivity contribution in [3.8, 4) is 0 Å². The second kappa shape index (κ2) is 5.19. The smallest absolute Gasteiger partial charge is 0.383 e. The molecule has 2 unspecified atom stereocenters. The molecule has 2 nitrogen and oxygen atoms in total. The molecule has 1 aliphatic rings. The predicted molar refractivity (Wildman–Crippen MR) is 56.1 cm³/mol. The lowest BCUT2D eigenvalue weighted by atomic mass is 9.90. The van der Waals surface area contributed by atoms with Crippen LogP contribution in [0.1, 0.15) is 33.1 Å². The van der Waals surface area contributed by atoms with Crippen LogP contribution in [-0.4, -0.2) is 30.0 Å². The van der Waals surface area contributed by atoms with Crippen LogP contribution in [0.5, 0.6) is 0 Å². The third kappa shape index (κ3) is 3.22. The van der Waals surface area contributed by atoms with E-state index in [4.69, 9.17) is 5.11 Å². The standard InChI is InChI=1S/C11H18F3NO/c1-3-9-7(2)15-5-4-8(9)6-10(16)11(12,13)14/h7,10,15-16H,3-6H2,1-2H3. The summed E-state index contributed by atoms with van der Waals surface area (Å²) in [4.78, 5) is 0. The van der Waals surface area contributed by atoms with Gasteiger partial charge in [-0.15, -0.1) is 0 Å². The molecule has 0 aromatic carbocycles. The van der Waals surface area contributed by atoms with E-state index in [9.17, 15) is 13.2 Å². The fourth-order valence-electron chi connectivity index (χ4n) is 2.17.